The van der Waals surface area contributed by atoms with Crippen LogP contribution < -0.4 is 10.2 Å². The number of amides is 3. The summed E-state index contributed by atoms with van der Waals surface area (Å²) >= 11 is 0. The molecular formula is C32H36N6O4. The predicted molar refractivity (Wildman–Crippen MR) is 159 cm³/mol. The number of aryl methyl sites for hydroxylation is 2. The van der Waals surface area contributed by atoms with Crippen LogP contribution in [0.3, 0.4) is 0 Å². The summed E-state index contributed by atoms with van der Waals surface area (Å²) in [6, 6.07) is 18.8. The van der Waals surface area contributed by atoms with Gasteiger partial charge in [-0.15, -0.1) is 0 Å². The van der Waals surface area contributed by atoms with Crippen molar-refractivity contribution in [3.8, 4) is 0 Å². The molecule has 0 aliphatic carbocycles. The minimum absolute atomic E-state index is 0.120. The zero-order valence-corrected chi connectivity index (χ0v) is 24.5. The largest absolute Gasteiger partial charge is 0.444 e. The lowest BCUT2D eigenvalue weighted by molar-refractivity contribution is 0.0526. The van der Waals surface area contributed by atoms with E-state index in [9.17, 15) is 14.4 Å². The summed E-state index contributed by atoms with van der Waals surface area (Å²) in [5.74, 6) is -0.149. The summed E-state index contributed by atoms with van der Waals surface area (Å²) in [6.45, 7) is 8.63. The van der Waals surface area contributed by atoms with E-state index in [4.69, 9.17) is 9.72 Å². The van der Waals surface area contributed by atoms with Gasteiger partial charge in [0.25, 0.3) is 11.8 Å². The highest BCUT2D eigenvalue weighted by atomic mass is 16.6. The molecule has 0 aliphatic heterocycles. The van der Waals surface area contributed by atoms with E-state index >= 15 is 0 Å². The smallest absolute Gasteiger partial charge is 0.407 e. The van der Waals surface area contributed by atoms with Gasteiger partial charge in [0.1, 0.15) is 17.8 Å². The standard InChI is InChI=1S/C32H36N6O4/c1-5-6-19-25-36-26-27(37(25)21-14-13-20-33-31(41)42-32(2,3)4)34-22-35-28(26)38(29(39)23-15-9-7-10-16-23)30(40)24-17-11-8-12-18-24/h7,9-11,15-18,22H,5-6,13-14,19-21H2,1-4H3,(H,33,41). The number of unbranched alkanes of at least 4 members (excludes halogenated alkanes) is 2. The van der Waals surface area contributed by atoms with Crippen molar-refractivity contribution in [2.75, 3.05) is 11.4 Å². The number of fused-ring (bicyclic) bond motifs is 1. The summed E-state index contributed by atoms with van der Waals surface area (Å²) in [5.41, 5.74) is 0.970. The van der Waals surface area contributed by atoms with Gasteiger partial charge < -0.3 is 14.6 Å². The van der Waals surface area contributed by atoms with Gasteiger partial charge in [0.2, 0.25) is 0 Å². The van der Waals surface area contributed by atoms with E-state index in [-0.39, 0.29) is 11.4 Å². The molecule has 42 heavy (non-hydrogen) atoms. The summed E-state index contributed by atoms with van der Waals surface area (Å²) in [4.78, 5) is 54.4. The Labute approximate surface area is 246 Å². The highest BCUT2D eigenvalue weighted by Crippen LogP contribution is 2.27. The van der Waals surface area contributed by atoms with E-state index in [2.05, 4.69) is 34.3 Å². The van der Waals surface area contributed by atoms with Crippen LogP contribution in [0.5, 0.6) is 0 Å². The van der Waals surface area contributed by atoms with Gasteiger partial charge in [0, 0.05) is 36.7 Å². The fourth-order valence-corrected chi connectivity index (χ4v) is 4.40. The number of alkyl carbamates (subject to hydrolysis) is 1. The molecule has 218 valence electrons. The van der Waals surface area contributed by atoms with Crippen molar-refractivity contribution in [3.05, 3.63) is 83.9 Å². The van der Waals surface area contributed by atoms with Gasteiger partial charge in [-0.3, -0.25) is 9.59 Å². The van der Waals surface area contributed by atoms with E-state index in [0.717, 1.165) is 30.0 Å². The van der Waals surface area contributed by atoms with Gasteiger partial charge in [0.15, 0.2) is 17.0 Å². The third-order valence-corrected chi connectivity index (χ3v) is 6.37. The number of imide groups is 1. The molecule has 0 atom stereocenters. The van der Waals surface area contributed by atoms with Gasteiger partial charge in [-0.1, -0.05) is 43.7 Å². The average Bonchev–Trinajstić information content (AvgIpc) is 3.33. The molecule has 4 rings (SSSR count). The van der Waals surface area contributed by atoms with Crippen LogP contribution in [0.2, 0.25) is 0 Å². The van der Waals surface area contributed by atoms with Gasteiger partial charge in [-0.2, -0.15) is 0 Å². The molecule has 0 radical (unpaired) electrons. The summed E-state index contributed by atoms with van der Waals surface area (Å²) in [5, 5.41) is 2.79. The lowest BCUT2D eigenvalue weighted by Crippen LogP contribution is -2.38. The Bertz CT molecular complexity index is 1460. The zero-order valence-electron chi connectivity index (χ0n) is 24.5. The number of nitrogens with zero attached hydrogens (tertiary/aromatic N) is 5. The van der Waals surface area contributed by atoms with E-state index in [1.165, 1.54) is 12.4 Å². The number of carbonyl (C=O) groups excluding carboxylic acids is 3. The van der Waals surface area contributed by atoms with Crippen molar-refractivity contribution < 1.29 is 19.1 Å². The van der Waals surface area contributed by atoms with Gasteiger partial charge in [0.05, 0.1) is 0 Å². The van der Waals surface area contributed by atoms with Crippen molar-refractivity contribution >= 4 is 34.9 Å². The first-order valence-corrected chi connectivity index (χ1v) is 14.2. The second kappa shape index (κ2) is 13.7. The van der Waals surface area contributed by atoms with Crippen LogP contribution in [-0.4, -0.2) is 49.6 Å². The number of imidazole rings is 1. The maximum Gasteiger partial charge on any atom is 0.407 e. The Morgan fingerprint density at radius 1 is 0.976 bits per heavy atom. The molecule has 0 fully saturated rings. The fraction of sp³-hybridized carbons (Fsp3) is 0.375. The Morgan fingerprint density at radius 3 is 2.43 bits per heavy atom. The number of nitrogens with one attached hydrogen (secondary N) is 1. The normalized spacial score (nSPS) is 11.1. The molecule has 10 nitrogen and oxygen atoms in total. The van der Waals surface area contributed by atoms with Crippen LogP contribution >= 0.6 is 0 Å². The summed E-state index contributed by atoms with van der Waals surface area (Å²) in [6.07, 6.45) is 4.94. The van der Waals surface area contributed by atoms with Crippen molar-refractivity contribution in [1.82, 2.24) is 24.8 Å². The second-order valence-corrected chi connectivity index (χ2v) is 10.8. The highest BCUT2D eigenvalue weighted by molar-refractivity contribution is 6.27. The molecule has 0 saturated carbocycles. The first-order chi connectivity index (χ1) is 20.2. The van der Waals surface area contributed by atoms with Crippen LogP contribution in [0.15, 0.2) is 54.9 Å². The molecule has 2 heterocycles. The molecule has 0 aliphatic rings. The number of aromatic nitrogens is 4. The Kier molecular flexibility index (Phi) is 9.86. The Balaban J connectivity index is 1.66. The van der Waals surface area contributed by atoms with Crippen LogP contribution in [0.1, 0.15) is 79.9 Å². The SMILES string of the molecule is CCCCc1nc2c(N(C(=O)c3cc#ccc3)C(=O)c3ccccc3)ncnc2n1CCCCNC(=O)OC(C)(C)C. The van der Waals surface area contributed by atoms with Crippen LogP contribution in [0.25, 0.3) is 11.2 Å². The number of carbonyl (C=O) groups is 3. The third kappa shape index (κ3) is 7.49. The molecule has 4 aromatic rings. The minimum atomic E-state index is -0.556. The summed E-state index contributed by atoms with van der Waals surface area (Å²) < 4.78 is 7.32. The van der Waals surface area contributed by atoms with E-state index < -0.39 is 23.5 Å². The molecule has 0 unspecified atom stereocenters. The molecule has 1 N–H and O–H groups in total. The van der Waals surface area contributed by atoms with E-state index in [1.54, 1.807) is 42.5 Å². The van der Waals surface area contributed by atoms with Crippen molar-refractivity contribution in [2.45, 2.75) is 71.9 Å². The predicted octanol–water partition coefficient (Wildman–Crippen LogP) is 5.56. The Hall–Kier alpha value is -4.78. The first kappa shape index (κ1) is 30.2. The van der Waals surface area contributed by atoms with Crippen molar-refractivity contribution in [3.63, 3.8) is 0 Å². The third-order valence-electron chi connectivity index (χ3n) is 6.37. The lowest BCUT2D eigenvalue weighted by atomic mass is 10.1. The number of rotatable bonds is 11. The second-order valence-electron chi connectivity index (χ2n) is 10.8. The van der Waals surface area contributed by atoms with Gasteiger partial charge in [-0.25, -0.2) is 24.6 Å². The lowest BCUT2D eigenvalue weighted by Gasteiger charge is -2.20. The number of ether oxygens (including phenoxy) is 1. The molecule has 3 amide bonds. The average molecular weight is 569 g/mol. The molecule has 0 bridgehead atoms. The van der Waals surface area contributed by atoms with E-state index in [0.29, 0.717) is 42.7 Å². The first-order valence-electron chi connectivity index (χ1n) is 14.2. The maximum absolute atomic E-state index is 13.8. The maximum atomic E-state index is 13.8. The van der Waals surface area contributed by atoms with Crippen LogP contribution in [0, 0.1) is 12.1 Å². The molecule has 2 aromatic carbocycles. The molecule has 2 aromatic heterocycles. The molecule has 10 heteroatoms. The van der Waals surface area contributed by atoms with Crippen molar-refractivity contribution in [2.24, 2.45) is 0 Å². The fourth-order valence-electron chi connectivity index (χ4n) is 4.40. The highest BCUT2D eigenvalue weighted by Gasteiger charge is 2.31. The summed E-state index contributed by atoms with van der Waals surface area (Å²) in [7, 11) is 0. The quantitative estimate of drug-likeness (QED) is 0.186. The topological polar surface area (TPSA) is 119 Å². The number of hydrogen-bond donors (Lipinski definition) is 1. The number of hydrogen-bond acceptors (Lipinski definition) is 7. The molecular weight excluding hydrogens is 532 g/mol. The number of benzene rings is 1. The Morgan fingerprint density at radius 2 is 1.74 bits per heavy atom. The number of anilines is 1. The van der Waals surface area contributed by atoms with Crippen LogP contribution in [-0.2, 0) is 17.7 Å². The zero-order chi connectivity index (χ0) is 30.1. The van der Waals surface area contributed by atoms with E-state index in [1.807, 2.05) is 25.3 Å². The monoisotopic (exact) mass is 568 g/mol. The minimum Gasteiger partial charge on any atom is -0.444 e. The molecule has 0 spiro atoms. The van der Waals surface area contributed by atoms with Crippen LogP contribution in [0.4, 0.5) is 10.6 Å². The van der Waals surface area contributed by atoms with Gasteiger partial charge in [-0.05, 0) is 64.3 Å². The molecule has 0 saturated heterocycles. The van der Waals surface area contributed by atoms with Crippen molar-refractivity contribution in [1.29, 1.82) is 0 Å². The van der Waals surface area contributed by atoms with Gasteiger partial charge >= 0.3 is 6.09 Å².